The molecule has 0 unspecified atom stereocenters. The Balaban J connectivity index is 1.48. The third-order valence-electron chi connectivity index (χ3n) is 5.15. The monoisotopic (exact) mass is 439 g/mol. The Hall–Kier alpha value is -4.26. The number of amides is 1. The van der Waals surface area contributed by atoms with E-state index in [2.05, 4.69) is 20.6 Å². The van der Waals surface area contributed by atoms with Crippen molar-refractivity contribution in [2.75, 3.05) is 17.7 Å². The Morgan fingerprint density at radius 2 is 1.79 bits per heavy atom. The van der Waals surface area contributed by atoms with Crippen molar-refractivity contribution in [1.29, 1.82) is 0 Å². The van der Waals surface area contributed by atoms with Gasteiger partial charge in [-0.2, -0.15) is 0 Å². The van der Waals surface area contributed by atoms with E-state index in [0.29, 0.717) is 17.1 Å². The molecule has 2 N–H and O–H groups in total. The molecule has 0 spiro atoms. The van der Waals surface area contributed by atoms with E-state index in [0.717, 1.165) is 28.1 Å². The third kappa shape index (κ3) is 5.51. The Kier molecular flexibility index (Phi) is 6.59. The second-order valence-electron chi connectivity index (χ2n) is 7.72. The minimum Gasteiger partial charge on any atom is -0.497 e. The van der Waals surface area contributed by atoms with Crippen molar-refractivity contribution in [3.63, 3.8) is 0 Å². The molecule has 0 saturated heterocycles. The maximum absolute atomic E-state index is 12.6. The Labute approximate surface area is 192 Å². The highest BCUT2D eigenvalue weighted by Gasteiger charge is 2.11. The van der Waals surface area contributed by atoms with Crippen LogP contribution >= 0.6 is 0 Å². The van der Waals surface area contributed by atoms with E-state index in [4.69, 9.17) is 9.72 Å². The van der Waals surface area contributed by atoms with Gasteiger partial charge in [0.1, 0.15) is 11.6 Å². The van der Waals surface area contributed by atoms with Crippen molar-refractivity contribution in [3.05, 3.63) is 96.1 Å². The number of benzene rings is 2. The van der Waals surface area contributed by atoms with Crippen LogP contribution < -0.4 is 15.4 Å². The molecule has 0 aliphatic carbocycles. The molecule has 1 amide bonds. The van der Waals surface area contributed by atoms with Crippen LogP contribution in [0.4, 0.5) is 11.5 Å². The number of pyridine rings is 1. The predicted molar refractivity (Wildman–Crippen MR) is 129 cm³/mol. The quantitative estimate of drug-likeness (QED) is 0.407. The van der Waals surface area contributed by atoms with Gasteiger partial charge in [0.25, 0.3) is 5.91 Å². The fourth-order valence-electron chi connectivity index (χ4n) is 3.43. The number of aryl methyl sites for hydroxylation is 1. The number of methoxy groups -OCH3 is 1. The molecule has 4 rings (SSSR count). The van der Waals surface area contributed by atoms with Crippen LogP contribution in [0.3, 0.4) is 0 Å². The summed E-state index contributed by atoms with van der Waals surface area (Å²) in [6, 6.07) is 17.2. The topological polar surface area (TPSA) is 89.0 Å². The highest BCUT2D eigenvalue weighted by Crippen LogP contribution is 2.25. The van der Waals surface area contributed by atoms with E-state index in [9.17, 15) is 4.79 Å². The molecule has 0 aliphatic rings. The second kappa shape index (κ2) is 9.91. The number of carbonyl (C=O) groups excluding carboxylic acids is 1. The van der Waals surface area contributed by atoms with Crippen molar-refractivity contribution in [2.24, 2.45) is 0 Å². The zero-order chi connectivity index (χ0) is 23.2. The summed E-state index contributed by atoms with van der Waals surface area (Å²) in [5.74, 6) is 1.23. The number of nitrogens with zero attached hydrogens (tertiary/aromatic N) is 3. The molecule has 0 bridgehead atoms. The highest BCUT2D eigenvalue weighted by atomic mass is 16.5. The maximum atomic E-state index is 12.6. The molecule has 0 saturated carbocycles. The first-order valence-corrected chi connectivity index (χ1v) is 10.6. The van der Waals surface area contributed by atoms with Gasteiger partial charge in [-0.3, -0.25) is 14.8 Å². The molecule has 2 aromatic heterocycles. The zero-order valence-electron chi connectivity index (χ0n) is 18.7. The van der Waals surface area contributed by atoms with Crippen molar-refractivity contribution in [3.8, 4) is 17.0 Å². The molecule has 1 atom stereocenters. The molecule has 2 heterocycles. The number of nitrogens with one attached hydrogen (secondary N) is 2. The number of hydrogen-bond acceptors (Lipinski definition) is 6. The number of ether oxygens (including phenoxy) is 1. The summed E-state index contributed by atoms with van der Waals surface area (Å²) in [5.41, 5.74) is 4.85. The molecule has 0 fully saturated rings. The van der Waals surface area contributed by atoms with Crippen LogP contribution in [0.2, 0.25) is 0 Å². The van der Waals surface area contributed by atoms with E-state index in [1.807, 2.05) is 68.4 Å². The second-order valence-corrected chi connectivity index (χ2v) is 7.72. The van der Waals surface area contributed by atoms with Crippen molar-refractivity contribution in [2.45, 2.75) is 19.9 Å². The molecular weight excluding hydrogens is 414 g/mol. The number of anilines is 2. The van der Waals surface area contributed by atoms with E-state index in [-0.39, 0.29) is 11.9 Å². The van der Waals surface area contributed by atoms with Gasteiger partial charge in [0.15, 0.2) is 0 Å². The summed E-state index contributed by atoms with van der Waals surface area (Å²) in [4.78, 5) is 25.7. The largest absolute Gasteiger partial charge is 0.497 e. The van der Waals surface area contributed by atoms with Gasteiger partial charge in [-0.05, 0) is 55.3 Å². The average Bonchev–Trinajstić information content (AvgIpc) is 2.84. The number of aromatic nitrogens is 3. The van der Waals surface area contributed by atoms with Crippen LogP contribution in [-0.4, -0.2) is 28.0 Å². The summed E-state index contributed by atoms with van der Waals surface area (Å²) in [6.07, 6.45) is 6.69. The van der Waals surface area contributed by atoms with Gasteiger partial charge >= 0.3 is 0 Å². The number of hydrogen-bond donors (Lipinski definition) is 2. The van der Waals surface area contributed by atoms with Gasteiger partial charge in [0, 0.05) is 23.6 Å². The lowest BCUT2D eigenvalue weighted by Crippen LogP contribution is -2.13. The molecule has 166 valence electrons. The zero-order valence-corrected chi connectivity index (χ0v) is 18.7. The standard InChI is InChI=1S/C26H25N5O2/c1-17-10-21(14-27-13-17)26(32)30-22-8-4-6-19(11-22)18(2)29-25-16-28-15-24(31-25)20-7-5-9-23(12-20)33-3/h4-16,18H,1-3H3,(H,29,31)(H,30,32)/t18-/m0/s1. The normalized spacial score (nSPS) is 11.5. The smallest absolute Gasteiger partial charge is 0.257 e. The summed E-state index contributed by atoms with van der Waals surface area (Å²) >= 11 is 0. The van der Waals surface area contributed by atoms with Crippen LogP contribution in [0, 0.1) is 6.92 Å². The molecule has 0 aliphatic heterocycles. The van der Waals surface area contributed by atoms with E-state index >= 15 is 0 Å². The van der Waals surface area contributed by atoms with E-state index in [1.54, 1.807) is 31.9 Å². The van der Waals surface area contributed by atoms with E-state index < -0.39 is 0 Å². The summed E-state index contributed by atoms with van der Waals surface area (Å²) in [6.45, 7) is 3.94. The van der Waals surface area contributed by atoms with Gasteiger partial charge in [0.2, 0.25) is 0 Å². The molecule has 7 nitrogen and oxygen atoms in total. The lowest BCUT2D eigenvalue weighted by Gasteiger charge is -2.16. The lowest BCUT2D eigenvalue weighted by molar-refractivity contribution is 0.102. The van der Waals surface area contributed by atoms with Crippen LogP contribution in [0.5, 0.6) is 5.75 Å². The minimum absolute atomic E-state index is 0.0580. The molecule has 33 heavy (non-hydrogen) atoms. The molecule has 7 heteroatoms. The van der Waals surface area contributed by atoms with Gasteiger partial charge in [0.05, 0.1) is 36.8 Å². The predicted octanol–water partition coefficient (Wildman–Crippen LogP) is 5.28. The lowest BCUT2D eigenvalue weighted by atomic mass is 10.1. The van der Waals surface area contributed by atoms with Crippen LogP contribution in [0.25, 0.3) is 11.3 Å². The fraction of sp³-hybridized carbons (Fsp3) is 0.154. The van der Waals surface area contributed by atoms with Crippen LogP contribution in [-0.2, 0) is 0 Å². The van der Waals surface area contributed by atoms with Crippen molar-refractivity contribution >= 4 is 17.4 Å². The van der Waals surface area contributed by atoms with Crippen LogP contribution in [0.15, 0.2) is 79.4 Å². The third-order valence-corrected chi connectivity index (χ3v) is 5.15. The SMILES string of the molecule is COc1cccc(-c2cncc(N[C@@H](C)c3cccc(NC(=O)c4cncc(C)c4)c3)n2)c1. The first-order valence-electron chi connectivity index (χ1n) is 10.6. The van der Waals surface area contributed by atoms with Crippen molar-refractivity contribution in [1.82, 2.24) is 15.0 Å². The van der Waals surface area contributed by atoms with Gasteiger partial charge in [-0.15, -0.1) is 0 Å². The van der Waals surface area contributed by atoms with Gasteiger partial charge in [-0.25, -0.2) is 4.98 Å². The highest BCUT2D eigenvalue weighted by molar-refractivity contribution is 6.04. The Morgan fingerprint density at radius 1 is 0.970 bits per heavy atom. The summed E-state index contributed by atoms with van der Waals surface area (Å²) in [5, 5.41) is 6.33. The molecule has 4 aromatic rings. The average molecular weight is 440 g/mol. The first kappa shape index (κ1) is 22.0. The Morgan fingerprint density at radius 3 is 2.61 bits per heavy atom. The number of carbonyl (C=O) groups is 1. The number of rotatable bonds is 7. The maximum Gasteiger partial charge on any atom is 0.257 e. The molecular formula is C26H25N5O2. The summed E-state index contributed by atoms with van der Waals surface area (Å²) in [7, 11) is 1.64. The van der Waals surface area contributed by atoms with E-state index in [1.165, 1.54) is 0 Å². The first-order chi connectivity index (χ1) is 16.0. The fourth-order valence-corrected chi connectivity index (χ4v) is 3.43. The molecule has 0 radical (unpaired) electrons. The van der Waals surface area contributed by atoms with Crippen molar-refractivity contribution < 1.29 is 9.53 Å². The van der Waals surface area contributed by atoms with Gasteiger partial charge in [-0.1, -0.05) is 24.3 Å². The summed E-state index contributed by atoms with van der Waals surface area (Å²) < 4.78 is 5.30. The Bertz CT molecular complexity index is 1270. The van der Waals surface area contributed by atoms with Crippen LogP contribution in [0.1, 0.15) is 34.5 Å². The molecule has 2 aromatic carbocycles. The van der Waals surface area contributed by atoms with Gasteiger partial charge < -0.3 is 15.4 Å². The minimum atomic E-state index is -0.194.